The van der Waals surface area contributed by atoms with Gasteiger partial charge in [-0.15, -0.1) is 0 Å². The molecule has 14 N–H and O–H groups in total. The minimum absolute atomic E-state index is 0.112. The van der Waals surface area contributed by atoms with E-state index in [4.69, 9.17) is 24.7 Å². The summed E-state index contributed by atoms with van der Waals surface area (Å²) >= 11 is 0. The van der Waals surface area contributed by atoms with Crippen LogP contribution < -0.4 is 16.4 Å². The molecule has 20 nitrogen and oxygen atoms in total. The first-order valence-corrected chi connectivity index (χ1v) is 23.6. The molecular formula is C49H77N3O17. The van der Waals surface area contributed by atoms with Crippen LogP contribution in [0, 0.1) is 11.8 Å². The molecule has 3 rings (SSSR count). The summed E-state index contributed by atoms with van der Waals surface area (Å²) in [5, 5.41) is 114. The molecular weight excluding hydrogens is 903 g/mol. The summed E-state index contributed by atoms with van der Waals surface area (Å²) in [6.45, 7) is 4.59. The molecule has 0 saturated carbocycles. The lowest BCUT2D eigenvalue weighted by Gasteiger charge is -2.46. The maximum Gasteiger partial charge on any atom is 0.308 e. The van der Waals surface area contributed by atoms with E-state index >= 15 is 0 Å². The highest BCUT2D eigenvalue weighted by atomic mass is 16.7. The maximum atomic E-state index is 13.8. The van der Waals surface area contributed by atoms with E-state index in [-0.39, 0.29) is 44.6 Å². The van der Waals surface area contributed by atoms with Crippen LogP contribution in [0.25, 0.3) is 0 Å². The number of aliphatic hydroxyl groups excluding tert-OH is 9. The van der Waals surface area contributed by atoms with E-state index in [1.54, 1.807) is 79.8 Å². The smallest absolute Gasteiger partial charge is 0.308 e. The van der Waals surface area contributed by atoms with Crippen LogP contribution in [0.15, 0.2) is 85.1 Å². The summed E-state index contributed by atoms with van der Waals surface area (Å²) < 4.78 is 23.2. The molecule has 3 aliphatic rings. The fraction of sp³-hybridized carbons (Fsp3) is 0.653. The third kappa shape index (κ3) is 21.1. The largest absolute Gasteiger partial charge is 0.462 e. The van der Waals surface area contributed by atoms with Crippen LogP contribution in [0.4, 0.5) is 0 Å². The Morgan fingerprint density at radius 3 is 1.93 bits per heavy atom. The van der Waals surface area contributed by atoms with Crippen LogP contribution in [0.5, 0.6) is 0 Å². The van der Waals surface area contributed by atoms with E-state index in [9.17, 15) is 65.4 Å². The van der Waals surface area contributed by atoms with Gasteiger partial charge in [0.15, 0.2) is 12.1 Å². The summed E-state index contributed by atoms with van der Waals surface area (Å²) in [6, 6.07) is -2.19. The third-order valence-electron chi connectivity index (χ3n) is 12.1. The van der Waals surface area contributed by atoms with Crippen molar-refractivity contribution in [2.75, 3.05) is 13.7 Å². The monoisotopic (exact) mass is 980 g/mol. The quantitative estimate of drug-likeness (QED) is 0.151. The fourth-order valence-corrected chi connectivity index (χ4v) is 8.10. The van der Waals surface area contributed by atoms with Gasteiger partial charge in [-0.25, -0.2) is 0 Å². The van der Waals surface area contributed by atoms with Crippen molar-refractivity contribution in [1.82, 2.24) is 10.6 Å². The Balaban J connectivity index is 1.92. The Morgan fingerprint density at radius 2 is 1.32 bits per heavy atom. The molecule has 18 atom stereocenters. The van der Waals surface area contributed by atoms with Crippen LogP contribution in [-0.2, 0) is 33.3 Å². The van der Waals surface area contributed by atoms with Gasteiger partial charge in [-0.2, -0.15) is 0 Å². The minimum Gasteiger partial charge on any atom is -0.462 e. The molecule has 3 aliphatic heterocycles. The van der Waals surface area contributed by atoms with Gasteiger partial charge in [-0.1, -0.05) is 92.0 Å². The van der Waals surface area contributed by atoms with Crippen LogP contribution in [-0.4, -0.2) is 180 Å². The van der Waals surface area contributed by atoms with Crippen LogP contribution in [0.3, 0.4) is 0 Å². The Kier molecular flexibility index (Phi) is 25.8. The van der Waals surface area contributed by atoms with E-state index < -0.39 is 147 Å². The number of rotatable bonds is 5. The van der Waals surface area contributed by atoms with Gasteiger partial charge >= 0.3 is 5.97 Å². The zero-order valence-corrected chi connectivity index (χ0v) is 39.9. The van der Waals surface area contributed by atoms with Gasteiger partial charge in [-0.3, -0.25) is 14.4 Å². The lowest BCUT2D eigenvalue weighted by atomic mass is 9.82. The van der Waals surface area contributed by atoms with Gasteiger partial charge in [0.25, 0.3) is 0 Å². The van der Waals surface area contributed by atoms with Crippen molar-refractivity contribution in [2.24, 2.45) is 17.6 Å². The SMILES string of the molecule is CNC(=O)[C@H](C)NC(=O)C1[C@@H]2CC(O[C@@H]3OC[C@@H](O)[C@H](N)[C@@H]3O)/C=C/C=C/C=C/C=C/C=C/C=C/C=C/[C@H](C)[C@@H](O)C[C@H](C)OC(=O)CC(O)CC(O)CCC(O)C(O)CC(O)CC(O)(C[C@@H]1O)O2. The number of cyclic esters (lactones) is 1. The summed E-state index contributed by atoms with van der Waals surface area (Å²) in [5.74, 6) is -6.11. The molecule has 2 bridgehead atoms. The van der Waals surface area contributed by atoms with Crippen LogP contribution in [0.1, 0.15) is 78.6 Å². The van der Waals surface area contributed by atoms with Gasteiger partial charge in [0.1, 0.15) is 18.2 Å². The molecule has 0 aromatic carbocycles. The topological polar surface area (TPSA) is 341 Å². The summed E-state index contributed by atoms with van der Waals surface area (Å²) in [7, 11) is 1.38. The van der Waals surface area contributed by atoms with E-state index in [2.05, 4.69) is 10.6 Å². The third-order valence-corrected chi connectivity index (χ3v) is 12.1. The van der Waals surface area contributed by atoms with Crippen molar-refractivity contribution in [1.29, 1.82) is 0 Å². The Morgan fingerprint density at radius 1 is 0.725 bits per heavy atom. The van der Waals surface area contributed by atoms with Crippen molar-refractivity contribution in [2.45, 2.75) is 176 Å². The number of allylic oxidation sites excluding steroid dienone is 12. The molecule has 0 spiro atoms. The molecule has 2 saturated heterocycles. The average molecular weight is 980 g/mol. The summed E-state index contributed by atoms with van der Waals surface area (Å²) in [4.78, 5) is 38.7. The van der Waals surface area contributed by atoms with Crippen molar-refractivity contribution in [3.8, 4) is 0 Å². The highest BCUT2D eigenvalue weighted by molar-refractivity contribution is 5.88. The number of hydrogen-bond acceptors (Lipinski definition) is 18. The number of esters is 1. The highest BCUT2D eigenvalue weighted by Gasteiger charge is 2.51. The Bertz CT molecular complexity index is 1790. The van der Waals surface area contributed by atoms with Gasteiger partial charge in [0.2, 0.25) is 11.8 Å². The number of likely N-dealkylation sites (N-methyl/N-ethyl adjacent to an activating group) is 1. The van der Waals surface area contributed by atoms with Gasteiger partial charge in [0.05, 0.1) is 86.0 Å². The number of carbonyl (C=O) groups excluding carboxylic acids is 3. The molecule has 20 heteroatoms. The zero-order chi connectivity index (χ0) is 51.3. The molecule has 0 aromatic heterocycles. The molecule has 3 heterocycles. The number of fused-ring (bicyclic) bond motifs is 2. The molecule has 0 aromatic rings. The van der Waals surface area contributed by atoms with Crippen LogP contribution >= 0.6 is 0 Å². The van der Waals surface area contributed by atoms with Gasteiger partial charge in [-0.05, 0) is 33.1 Å². The fourth-order valence-electron chi connectivity index (χ4n) is 8.10. The predicted octanol–water partition coefficient (Wildman–Crippen LogP) is -0.757. The second-order valence-corrected chi connectivity index (χ2v) is 18.2. The number of ether oxygens (including phenoxy) is 4. The number of carbonyl (C=O) groups is 3. The molecule has 0 radical (unpaired) electrons. The van der Waals surface area contributed by atoms with E-state index in [0.29, 0.717) is 0 Å². The van der Waals surface area contributed by atoms with E-state index in [0.717, 1.165) is 0 Å². The average Bonchev–Trinajstić information content (AvgIpc) is 3.26. The first kappa shape index (κ1) is 59.3. The maximum absolute atomic E-state index is 13.8. The molecule has 2 amide bonds. The number of nitrogens with two attached hydrogens (primary N) is 1. The first-order valence-electron chi connectivity index (χ1n) is 23.6. The Hall–Kier alpha value is -3.97. The number of nitrogens with one attached hydrogen (secondary N) is 2. The second kappa shape index (κ2) is 30.0. The lowest BCUT2D eigenvalue weighted by molar-refractivity contribution is -0.304. The van der Waals surface area contributed by atoms with E-state index in [1.807, 2.05) is 13.0 Å². The number of aliphatic hydroxyl groups is 10. The second-order valence-electron chi connectivity index (χ2n) is 18.2. The molecule has 2 fully saturated rings. The summed E-state index contributed by atoms with van der Waals surface area (Å²) in [5.41, 5.74) is 6.00. The molecule has 8 unspecified atom stereocenters. The Labute approximate surface area is 404 Å². The van der Waals surface area contributed by atoms with Crippen molar-refractivity contribution >= 4 is 17.8 Å². The molecule has 390 valence electrons. The zero-order valence-electron chi connectivity index (χ0n) is 39.9. The van der Waals surface area contributed by atoms with Gasteiger partial charge in [0, 0.05) is 45.1 Å². The summed E-state index contributed by atoms with van der Waals surface area (Å²) in [6.07, 6.45) is 4.68. The highest BCUT2D eigenvalue weighted by Crippen LogP contribution is 2.38. The van der Waals surface area contributed by atoms with Gasteiger partial charge < -0.3 is 86.4 Å². The number of hydrogen-bond donors (Lipinski definition) is 13. The normalized spacial score (nSPS) is 41.7. The predicted molar refractivity (Wildman–Crippen MR) is 252 cm³/mol. The van der Waals surface area contributed by atoms with Crippen LogP contribution in [0.2, 0.25) is 0 Å². The van der Waals surface area contributed by atoms with E-state index in [1.165, 1.54) is 20.0 Å². The van der Waals surface area contributed by atoms with Crippen molar-refractivity contribution in [3.63, 3.8) is 0 Å². The minimum atomic E-state index is -2.33. The number of amides is 2. The first-order chi connectivity index (χ1) is 32.6. The molecule has 0 aliphatic carbocycles. The van der Waals surface area contributed by atoms with Crippen molar-refractivity contribution < 1.29 is 84.4 Å². The lowest BCUT2D eigenvalue weighted by Crippen LogP contribution is -2.60. The standard InChI is InChI=1S/C49H77N3O17/c1-29-17-15-13-11-9-7-5-6-8-10-12-14-16-18-35(68-48-45(62)44(50)40(60)28-66-48)25-41-43(47(64)52-31(3)46(63)51-4)39(59)27-49(65,69-41)26-34(55)23-38(58)36(56)20-19-32(53)22-33(54)24-42(61)67-30(2)21-37(29)57/h5-18,29-41,43-45,48,53-60,62,65H,19-28,50H2,1-4H3,(H,51,63)(H,52,64)/b6-5+,9-7+,10-8+,13-11+,14-12+,17-15+,18-16+/t29-,30-,31-,32?,33?,34?,35?,36?,37-,38?,39-,40+,41-,43?,44-,45-,48-,49?/m0/s1. The molecule has 69 heavy (non-hydrogen) atoms. The van der Waals surface area contributed by atoms with Crippen molar-refractivity contribution in [3.05, 3.63) is 85.1 Å².